The van der Waals surface area contributed by atoms with Crippen LogP contribution in [0.3, 0.4) is 0 Å². The maximum absolute atomic E-state index is 13.2. The van der Waals surface area contributed by atoms with Crippen LogP contribution < -0.4 is 4.74 Å². The highest BCUT2D eigenvalue weighted by Gasteiger charge is 2.45. The molecule has 192 valence electrons. The molecule has 0 spiro atoms. The molecule has 1 amide bonds. The molecule has 1 N–H and O–H groups in total. The molecule has 7 heteroatoms. The third-order valence-corrected chi connectivity index (χ3v) is 6.81. The van der Waals surface area contributed by atoms with Crippen molar-refractivity contribution in [1.29, 1.82) is 0 Å². The summed E-state index contributed by atoms with van der Waals surface area (Å²) < 4.78 is 7.85. The number of carbonyl (C=O) groups is 2. The summed E-state index contributed by atoms with van der Waals surface area (Å²) in [4.78, 5) is 31.9. The van der Waals surface area contributed by atoms with E-state index < -0.39 is 17.7 Å². The van der Waals surface area contributed by atoms with E-state index in [4.69, 9.17) is 4.74 Å². The van der Waals surface area contributed by atoms with Gasteiger partial charge in [-0.1, -0.05) is 54.6 Å². The topological polar surface area (TPSA) is 84.7 Å². The van der Waals surface area contributed by atoms with Crippen molar-refractivity contribution in [3.8, 4) is 5.75 Å². The van der Waals surface area contributed by atoms with Crippen molar-refractivity contribution in [3.63, 3.8) is 0 Å². The molecule has 1 fully saturated rings. The van der Waals surface area contributed by atoms with Crippen LogP contribution >= 0.6 is 0 Å². The van der Waals surface area contributed by atoms with Crippen molar-refractivity contribution in [2.75, 3.05) is 6.54 Å². The number of hydrogen-bond donors (Lipinski definition) is 1. The molecule has 1 aromatic heterocycles. The highest BCUT2D eigenvalue weighted by molar-refractivity contribution is 6.46. The number of imidazole rings is 1. The molecule has 0 saturated carbocycles. The van der Waals surface area contributed by atoms with Gasteiger partial charge in [0.2, 0.25) is 0 Å². The molecule has 3 aromatic carbocycles. The number of hydrogen-bond acceptors (Lipinski definition) is 5. The van der Waals surface area contributed by atoms with E-state index >= 15 is 0 Å². The van der Waals surface area contributed by atoms with E-state index in [-0.39, 0.29) is 11.3 Å². The van der Waals surface area contributed by atoms with Crippen molar-refractivity contribution >= 4 is 17.4 Å². The Morgan fingerprint density at radius 3 is 2.39 bits per heavy atom. The van der Waals surface area contributed by atoms with E-state index in [0.29, 0.717) is 37.4 Å². The van der Waals surface area contributed by atoms with Crippen LogP contribution in [0.4, 0.5) is 0 Å². The standard InChI is InChI=1S/C31H29N3O4/c1-22-8-5-6-11-25(22)20-38-26-14-12-24(13-15-26)29(35)27-28(23-9-3-2-4-10-23)34(31(37)30(27)36)18-7-17-33-19-16-32-21-33/h2-6,8-16,19,21,28,35H,7,17-18,20H2,1H3/b29-27+. The highest BCUT2D eigenvalue weighted by atomic mass is 16.5. The number of carbonyl (C=O) groups excluding carboxylic acids is 2. The summed E-state index contributed by atoms with van der Waals surface area (Å²) in [6.45, 7) is 3.49. The Morgan fingerprint density at radius 2 is 1.68 bits per heavy atom. The number of aryl methyl sites for hydroxylation is 2. The van der Waals surface area contributed by atoms with Crippen LogP contribution in [0.5, 0.6) is 5.75 Å². The van der Waals surface area contributed by atoms with E-state index in [9.17, 15) is 14.7 Å². The largest absolute Gasteiger partial charge is 0.507 e. The number of rotatable bonds is 9. The Kier molecular flexibility index (Phi) is 7.35. The molecular formula is C31H29N3O4. The van der Waals surface area contributed by atoms with Crippen LogP contribution in [0.25, 0.3) is 5.76 Å². The Hall–Kier alpha value is -4.65. The zero-order valence-electron chi connectivity index (χ0n) is 21.2. The summed E-state index contributed by atoms with van der Waals surface area (Å²) >= 11 is 0. The van der Waals surface area contributed by atoms with Gasteiger partial charge in [0.1, 0.15) is 18.1 Å². The van der Waals surface area contributed by atoms with Gasteiger partial charge in [0.15, 0.2) is 0 Å². The zero-order chi connectivity index (χ0) is 26.5. The second kappa shape index (κ2) is 11.2. The number of aromatic nitrogens is 2. The molecule has 7 nitrogen and oxygen atoms in total. The summed E-state index contributed by atoms with van der Waals surface area (Å²) in [5.74, 6) is -0.841. The Balaban J connectivity index is 1.40. The summed E-state index contributed by atoms with van der Waals surface area (Å²) in [7, 11) is 0. The molecule has 1 unspecified atom stereocenters. The van der Waals surface area contributed by atoms with E-state index in [2.05, 4.69) is 4.98 Å². The molecule has 2 heterocycles. The van der Waals surface area contributed by atoms with Gasteiger partial charge >= 0.3 is 0 Å². The molecule has 0 radical (unpaired) electrons. The van der Waals surface area contributed by atoms with Gasteiger partial charge in [-0.15, -0.1) is 0 Å². The lowest BCUT2D eigenvalue weighted by molar-refractivity contribution is -0.139. The number of benzene rings is 3. The molecule has 4 aromatic rings. The van der Waals surface area contributed by atoms with Crippen LogP contribution in [0.1, 0.15) is 34.7 Å². The maximum atomic E-state index is 13.2. The predicted molar refractivity (Wildman–Crippen MR) is 144 cm³/mol. The number of ether oxygens (including phenoxy) is 1. The average Bonchev–Trinajstić information content (AvgIpc) is 3.55. The summed E-state index contributed by atoms with van der Waals surface area (Å²) in [5.41, 5.74) is 3.56. The normalized spacial score (nSPS) is 16.7. The number of likely N-dealkylation sites (tertiary alicyclic amines) is 1. The van der Waals surface area contributed by atoms with Crippen LogP contribution in [0.2, 0.25) is 0 Å². The fraction of sp³-hybridized carbons (Fsp3) is 0.194. The summed E-state index contributed by atoms with van der Waals surface area (Å²) in [6, 6.07) is 23.6. The number of aliphatic hydroxyl groups excluding tert-OH is 1. The van der Waals surface area contributed by atoms with Crippen molar-refractivity contribution in [3.05, 3.63) is 125 Å². The van der Waals surface area contributed by atoms with E-state index in [1.165, 1.54) is 0 Å². The summed E-state index contributed by atoms with van der Waals surface area (Å²) in [6.07, 6.45) is 5.92. The minimum absolute atomic E-state index is 0.0948. The Morgan fingerprint density at radius 1 is 0.947 bits per heavy atom. The maximum Gasteiger partial charge on any atom is 0.295 e. The number of amides is 1. The number of aliphatic hydroxyl groups is 1. The lowest BCUT2D eigenvalue weighted by Crippen LogP contribution is -2.31. The van der Waals surface area contributed by atoms with Gasteiger partial charge in [0.05, 0.1) is 17.9 Å². The fourth-order valence-electron chi connectivity index (χ4n) is 4.73. The minimum atomic E-state index is -0.682. The van der Waals surface area contributed by atoms with E-state index in [0.717, 1.165) is 16.7 Å². The minimum Gasteiger partial charge on any atom is -0.507 e. The van der Waals surface area contributed by atoms with Crippen LogP contribution in [-0.2, 0) is 22.7 Å². The second-order valence-electron chi connectivity index (χ2n) is 9.30. The SMILES string of the molecule is Cc1ccccc1COc1ccc(/C(O)=C2\C(=O)C(=O)N(CCCn3ccnc3)C2c2ccccc2)cc1. The number of nitrogens with zero attached hydrogens (tertiary/aromatic N) is 3. The van der Waals surface area contributed by atoms with E-state index in [1.807, 2.05) is 72.3 Å². The van der Waals surface area contributed by atoms with Gasteiger partial charge in [-0.05, 0) is 54.3 Å². The molecule has 0 aliphatic carbocycles. The van der Waals surface area contributed by atoms with Crippen molar-refractivity contribution in [2.24, 2.45) is 0 Å². The first kappa shape index (κ1) is 25.0. The molecule has 0 bridgehead atoms. The van der Waals surface area contributed by atoms with Gasteiger partial charge < -0.3 is 19.3 Å². The molecule has 1 saturated heterocycles. The van der Waals surface area contributed by atoms with Gasteiger partial charge in [0.25, 0.3) is 11.7 Å². The third kappa shape index (κ3) is 5.22. The van der Waals surface area contributed by atoms with Gasteiger partial charge in [-0.2, -0.15) is 0 Å². The number of Topliss-reactive ketones (excluding diaryl/α,β-unsaturated/α-hetero) is 1. The smallest absolute Gasteiger partial charge is 0.295 e. The lowest BCUT2D eigenvalue weighted by atomic mass is 9.95. The average molecular weight is 508 g/mol. The summed E-state index contributed by atoms with van der Waals surface area (Å²) in [5, 5.41) is 11.3. The number of ketones is 1. The van der Waals surface area contributed by atoms with Gasteiger partial charge in [-0.25, -0.2) is 4.98 Å². The Bertz CT molecular complexity index is 1440. The Labute approximate surface area is 221 Å². The third-order valence-electron chi connectivity index (χ3n) is 6.81. The van der Waals surface area contributed by atoms with Crippen molar-refractivity contribution in [2.45, 2.75) is 32.5 Å². The highest BCUT2D eigenvalue weighted by Crippen LogP contribution is 2.39. The second-order valence-corrected chi connectivity index (χ2v) is 9.30. The van der Waals surface area contributed by atoms with Gasteiger partial charge in [0, 0.05) is 31.0 Å². The molecular weight excluding hydrogens is 478 g/mol. The first-order chi connectivity index (χ1) is 18.5. The molecule has 38 heavy (non-hydrogen) atoms. The quantitative estimate of drug-likeness (QED) is 0.189. The predicted octanol–water partition coefficient (Wildman–Crippen LogP) is 5.28. The van der Waals surface area contributed by atoms with Crippen molar-refractivity contribution < 1.29 is 19.4 Å². The molecule has 1 atom stereocenters. The van der Waals surface area contributed by atoms with Crippen LogP contribution in [0.15, 0.2) is 103 Å². The van der Waals surface area contributed by atoms with Crippen LogP contribution in [-0.4, -0.2) is 37.8 Å². The fourth-order valence-corrected chi connectivity index (χ4v) is 4.73. The zero-order valence-corrected chi connectivity index (χ0v) is 21.2. The van der Waals surface area contributed by atoms with Crippen molar-refractivity contribution in [1.82, 2.24) is 14.5 Å². The molecule has 5 rings (SSSR count). The first-order valence-electron chi connectivity index (χ1n) is 12.6. The molecule has 1 aliphatic rings. The van der Waals surface area contributed by atoms with Crippen LogP contribution in [0, 0.1) is 6.92 Å². The van der Waals surface area contributed by atoms with E-state index in [1.54, 1.807) is 41.7 Å². The van der Waals surface area contributed by atoms with Gasteiger partial charge in [-0.3, -0.25) is 9.59 Å². The lowest BCUT2D eigenvalue weighted by Gasteiger charge is -2.25. The monoisotopic (exact) mass is 507 g/mol. The molecule has 1 aliphatic heterocycles. The first-order valence-corrected chi connectivity index (χ1v) is 12.6.